The second kappa shape index (κ2) is 10.8. The number of likely N-dealkylation sites (N-methyl/N-ethyl adjacent to an activating group) is 1. The number of H-pyrrole nitrogens is 1. The number of aldehydes is 1. The Labute approximate surface area is 214 Å². The normalized spacial score (nSPS) is 15.0. The molecule has 0 amide bonds. The highest BCUT2D eigenvalue weighted by Gasteiger charge is 2.15. The van der Waals surface area contributed by atoms with E-state index in [4.69, 9.17) is 16.3 Å². The van der Waals surface area contributed by atoms with Crippen molar-refractivity contribution in [2.75, 3.05) is 55.3 Å². The van der Waals surface area contributed by atoms with Gasteiger partial charge in [0.1, 0.15) is 23.1 Å². The third-order valence-electron chi connectivity index (χ3n) is 6.09. The number of fused-ring (bicyclic) bond motifs is 1. The van der Waals surface area contributed by atoms with Crippen LogP contribution in [0.1, 0.15) is 0 Å². The highest BCUT2D eigenvalue weighted by atomic mass is 35.5. The van der Waals surface area contributed by atoms with Crippen LogP contribution in [0.15, 0.2) is 60.8 Å². The number of carbonyl (C=O) groups excluding carboxylic acids is 1. The second-order valence-corrected chi connectivity index (χ2v) is 9.27. The van der Waals surface area contributed by atoms with E-state index in [0.717, 1.165) is 42.9 Å². The average Bonchev–Trinajstić information content (AvgIpc) is 3.38. The standard InChI is InChI=1S/C26H28ClN7O2/c1-33-12-14-34(15-13-33)21-6-2-20(3-7-21)30-26-31-24-23(10-11-28-24)25(32-26)36-22-8-4-19(5-9-22)29-16-18(27)17-35/h2-11,17-18,29H,12-16H2,1H3,(H2,28,30,31,32). The lowest BCUT2D eigenvalue weighted by molar-refractivity contribution is -0.107. The molecule has 0 saturated carbocycles. The Balaban J connectivity index is 1.29. The number of halogens is 1. The first-order valence-electron chi connectivity index (χ1n) is 11.8. The van der Waals surface area contributed by atoms with Gasteiger partial charge >= 0.3 is 0 Å². The molecule has 0 radical (unpaired) electrons. The van der Waals surface area contributed by atoms with E-state index in [1.54, 1.807) is 0 Å². The molecule has 0 aliphatic carbocycles. The van der Waals surface area contributed by atoms with Crippen molar-refractivity contribution < 1.29 is 9.53 Å². The van der Waals surface area contributed by atoms with Crippen LogP contribution in [0.3, 0.4) is 0 Å². The summed E-state index contributed by atoms with van der Waals surface area (Å²) < 4.78 is 6.11. The van der Waals surface area contributed by atoms with Crippen molar-refractivity contribution in [1.82, 2.24) is 19.9 Å². The van der Waals surface area contributed by atoms with Crippen LogP contribution >= 0.6 is 11.6 Å². The molecule has 1 atom stereocenters. The Morgan fingerprint density at radius 2 is 1.75 bits per heavy atom. The summed E-state index contributed by atoms with van der Waals surface area (Å²) in [6, 6.07) is 17.6. The van der Waals surface area contributed by atoms with Crippen LogP contribution in [-0.4, -0.2) is 71.3 Å². The molecule has 36 heavy (non-hydrogen) atoms. The Morgan fingerprint density at radius 1 is 1.03 bits per heavy atom. The zero-order valence-electron chi connectivity index (χ0n) is 19.9. The molecule has 1 saturated heterocycles. The summed E-state index contributed by atoms with van der Waals surface area (Å²) in [7, 11) is 2.16. The van der Waals surface area contributed by atoms with Gasteiger partial charge in [0.2, 0.25) is 11.8 Å². The number of ether oxygens (including phenoxy) is 1. The van der Waals surface area contributed by atoms with Crippen LogP contribution in [0.4, 0.5) is 23.0 Å². The molecule has 0 spiro atoms. The fraction of sp³-hybridized carbons (Fsp3) is 0.269. The number of piperazine rings is 1. The van der Waals surface area contributed by atoms with E-state index in [2.05, 4.69) is 54.6 Å². The van der Waals surface area contributed by atoms with Crippen LogP contribution in [0, 0.1) is 0 Å². The lowest BCUT2D eigenvalue weighted by Crippen LogP contribution is -2.44. The quantitative estimate of drug-likeness (QED) is 0.226. The van der Waals surface area contributed by atoms with E-state index in [1.807, 2.05) is 48.7 Å². The minimum atomic E-state index is -0.572. The summed E-state index contributed by atoms with van der Waals surface area (Å²) in [5.41, 5.74) is 3.63. The van der Waals surface area contributed by atoms with Crippen LogP contribution in [0.5, 0.6) is 11.6 Å². The zero-order chi connectivity index (χ0) is 24.9. The van der Waals surface area contributed by atoms with Gasteiger partial charge in [-0.05, 0) is 61.6 Å². The Morgan fingerprint density at radius 3 is 2.47 bits per heavy atom. The predicted molar refractivity (Wildman–Crippen MR) is 144 cm³/mol. The molecule has 3 heterocycles. The lowest BCUT2D eigenvalue weighted by atomic mass is 10.2. The molecule has 0 bridgehead atoms. The first kappa shape index (κ1) is 23.9. The summed E-state index contributed by atoms with van der Waals surface area (Å²) in [5, 5.41) is 6.61. The van der Waals surface area contributed by atoms with Crippen LogP contribution in [0.25, 0.3) is 11.0 Å². The molecule has 9 nitrogen and oxygen atoms in total. The fourth-order valence-electron chi connectivity index (χ4n) is 4.01. The lowest BCUT2D eigenvalue weighted by Gasteiger charge is -2.34. The molecule has 3 N–H and O–H groups in total. The molecule has 1 aliphatic rings. The number of carbonyl (C=O) groups is 1. The maximum absolute atomic E-state index is 10.7. The number of aromatic amines is 1. The van der Waals surface area contributed by atoms with Gasteiger partial charge in [-0.25, -0.2) is 0 Å². The van der Waals surface area contributed by atoms with Crippen molar-refractivity contribution in [2.45, 2.75) is 5.38 Å². The maximum atomic E-state index is 10.7. The van der Waals surface area contributed by atoms with E-state index in [-0.39, 0.29) is 0 Å². The number of benzene rings is 2. The van der Waals surface area contributed by atoms with Crippen LogP contribution in [-0.2, 0) is 4.79 Å². The van der Waals surface area contributed by atoms with Crippen LogP contribution < -0.4 is 20.3 Å². The molecule has 1 aliphatic heterocycles. The van der Waals surface area contributed by atoms with E-state index in [0.29, 0.717) is 36.1 Å². The monoisotopic (exact) mass is 505 g/mol. The smallest absolute Gasteiger partial charge is 0.233 e. The van der Waals surface area contributed by atoms with Gasteiger partial charge in [0.05, 0.1) is 5.39 Å². The minimum absolute atomic E-state index is 0.354. The molecule has 2 aromatic heterocycles. The van der Waals surface area contributed by atoms with Gasteiger partial charge in [0.15, 0.2) is 0 Å². The Hall–Kier alpha value is -3.82. The van der Waals surface area contributed by atoms with Gasteiger partial charge in [-0.2, -0.15) is 9.97 Å². The van der Waals surface area contributed by atoms with Gasteiger partial charge in [-0.1, -0.05) is 0 Å². The van der Waals surface area contributed by atoms with Crippen molar-refractivity contribution in [1.29, 1.82) is 0 Å². The number of anilines is 4. The number of nitrogens with zero attached hydrogens (tertiary/aromatic N) is 4. The Bertz CT molecular complexity index is 1300. The number of nitrogens with one attached hydrogen (secondary N) is 3. The average molecular weight is 506 g/mol. The Kier molecular flexibility index (Phi) is 7.20. The van der Waals surface area contributed by atoms with Gasteiger partial charge < -0.3 is 34.9 Å². The number of hydrogen-bond acceptors (Lipinski definition) is 8. The van der Waals surface area contributed by atoms with E-state index in [9.17, 15) is 4.79 Å². The number of hydrogen-bond donors (Lipinski definition) is 3. The molecule has 2 aromatic carbocycles. The largest absolute Gasteiger partial charge is 0.438 e. The maximum Gasteiger partial charge on any atom is 0.233 e. The molecular formula is C26H28ClN7O2. The molecule has 5 rings (SSSR count). The second-order valence-electron chi connectivity index (χ2n) is 8.71. The molecule has 1 fully saturated rings. The highest BCUT2D eigenvalue weighted by Crippen LogP contribution is 2.30. The van der Waals surface area contributed by atoms with Crippen LogP contribution in [0.2, 0.25) is 0 Å². The molecule has 1 unspecified atom stereocenters. The summed E-state index contributed by atoms with van der Waals surface area (Å²) in [6.45, 7) is 4.55. The topological polar surface area (TPSA) is 98.4 Å². The highest BCUT2D eigenvalue weighted by molar-refractivity contribution is 6.27. The predicted octanol–water partition coefficient (Wildman–Crippen LogP) is 4.46. The van der Waals surface area contributed by atoms with Crippen molar-refractivity contribution in [2.24, 2.45) is 0 Å². The van der Waals surface area contributed by atoms with Crippen molar-refractivity contribution >= 4 is 51.9 Å². The van der Waals surface area contributed by atoms with Gasteiger partial charge in [-0.15, -0.1) is 11.6 Å². The summed E-state index contributed by atoms with van der Waals surface area (Å²) >= 11 is 5.84. The molecular weight excluding hydrogens is 478 g/mol. The number of rotatable bonds is 9. The van der Waals surface area contributed by atoms with E-state index >= 15 is 0 Å². The van der Waals surface area contributed by atoms with Crippen molar-refractivity contribution in [3.8, 4) is 11.6 Å². The number of aromatic nitrogens is 3. The first-order chi connectivity index (χ1) is 17.6. The van der Waals surface area contributed by atoms with Gasteiger partial charge in [-0.3, -0.25) is 0 Å². The number of alkyl halides is 1. The van der Waals surface area contributed by atoms with Crippen molar-refractivity contribution in [3.05, 3.63) is 60.8 Å². The van der Waals surface area contributed by atoms with Gasteiger partial charge in [0.25, 0.3) is 0 Å². The zero-order valence-corrected chi connectivity index (χ0v) is 20.7. The van der Waals surface area contributed by atoms with E-state index in [1.165, 1.54) is 5.69 Å². The van der Waals surface area contributed by atoms with Gasteiger partial charge in [0, 0.05) is 56.0 Å². The molecule has 4 aromatic rings. The fourth-order valence-corrected chi connectivity index (χ4v) is 4.09. The van der Waals surface area contributed by atoms with E-state index < -0.39 is 5.38 Å². The van der Waals surface area contributed by atoms with Crippen molar-refractivity contribution in [3.63, 3.8) is 0 Å². The summed E-state index contributed by atoms with van der Waals surface area (Å²) in [5.74, 6) is 1.51. The molecule has 10 heteroatoms. The first-order valence-corrected chi connectivity index (χ1v) is 12.3. The molecule has 186 valence electrons. The third kappa shape index (κ3) is 5.69. The third-order valence-corrected chi connectivity index (χ3v) is 6.35. The SMILES string of the molecule is CN1CCN(c2ccc(Nc3nc(Oc4ccc(NCC(Cl)C=O)cc4)c4cc[nH]c4n3)cc2)CC1. The summed E-state index contributed by atoms with van der Waals surface area (Å²) in [6.07, 6.45) is 2.51. The minimum Gasteiger partial charge on any atom is -0.438 e. The summed E-state index contributed by atoms with van der Waals surface area (Å²) in [4.78, 5) is 27.8.